The molecule has 1 fully saturated rings. The van der Waals surface area contributed by atoms with Gasteiger partial charge in [-0.25, -0.2) is 0 Å². The van der Waals surface area contributed by atoms with Crippen LogP contribution in [0, 0.1) is 0 Å². The molecule has 0 aliphatic carbocycles. The van der Waals surface area contributed by atoms with Crippen molar-refractivity contribution in [2.24, 2.45) is 0 Å². The molecule has 2 N–H and O–H groups in total. The fourth-order valence-electron chi connectivity index (χ4n) is 3.04. The van der Waals surface area contributed by atoms with E-state index in [-0.39, 0.29) is 5.91 Å². The van der Waals surface area contributed by atoms with Gasteiger partial charge in [-0.05, 0) is 38.8 Å². The minimum Gasteiger partial charge on any atom is -0.369 e. The van der Waals surface area contributed by atoms with Gasteiger partial charge in [0.05, 0.1) is 11.4 Å². The van der Waals surface area contributed by atoms with Gasteiger partial charge in [0.2, 0.25) is 5.91 Å². The van der Waals surface area contributed by atoms with Gasteiger partial charge in [0, 0.05) is 19.6 Å². The summed E-state index contributed by atoms with van der Waals surface area (Å²) in [5.74, 6) is 0.114. The Hall–Kier alpha value is -1.81. The van der Waals surface area contributed by atoms with Crippen LogP contribution in [0.1, 0.15) is 26.7 Å². The van der Waals surface area contributed by atoms with Gasteiger partial charge in [0.25, 0.3) is 0 Å². The lowest BCUT2D eigenvalue weighted by Gasteiger charge is -2.44. The Morgan fingerprint density at radius 2 is 1.90 bits per heavy atom. The minimum absolute atomic E-state index is 0.114. The largest absolute Gasteiger partial charge is 0.369 e. The lowest BCUT2D eigenvalue weighted by molar-refractivity contribution is -0.122. The Morgan fingerprint density at radius 1 is 1.24 bits per heavy atom. The lowest BCUT2D eigenvalue weighted by atomic mass is 9.84. The van der Waals surface area contributed by atoms with Crippen molar-refractivity contribution in [3.63, 3.8) is 0 Å². The first-order valence-electron chi connectivity index (χ1n) is 7.63. The number of likely N-dealkylation sites (tertiary alicyclic amines) is 1. The second-order valence-electron chi connectivity index (χ2n) is 6.29. The number of hydrogen-bond donors (Lipinski definition) is 2. The summed E-state index contributed by atoms with van der Waals surface area (Å²) in [6, 6.07) is 7.92. The first-order valence-corrected chi connectivity index (χ1v) is 7.63. The van der Waals surface area contributed by atoms with Crippen LogP contribution in [0.15, 0.2) is 35.9 Å². The van der Waals surface area contributed by atoms with Crippen molar-refractivity contribution >= 4 is 17.3 Å². The number of carbonyl (C=O) groups is 1. The van der Waals surface area contributed by atoms with Crippen LogP contribution in [0.4, 0.5) is 11.4 Å². The minimum atomic E-state index is -0.435. The molecule has 0 unspecified atom stereocenters. The van der Waals surface area contributed by atoms with Gasteiger partial charge in [-0.2, -0.15) is 0 Å². The van der Waals surface area contributed by atoms with E-state index in [2.05, 4.69) is 35.5 Å². The quantitative estimate of drug-likeness (QED) is 0.821. The van der Waals surface area contributed by atoms with E-state index in [0.717, 1.165) is 43.9 Å². The van der Waals surface area contributed by atoms with Crippen LogP contribution in [-0.4, -0.2) is 36.0 Å². The Balaban J connectivity index is 1.70. The Bertz CT molecular complexity index is 567. The van der Waals surface area contributed by atoms with Crippen LogP contribution < -0.4 is 10.6 Å². The average molecular weight is 285 g/mol. The monoisotopic (exact) mass is 285 g/mol. The van der Waals surface area contributed by atoms with Gasteiger partial charge < -0.3 is 10.6 Å². The molecule has 1 aromatic carbocycles. The van der Waals surface area contributed by atoms with E-state index >= 15 is 0 Å². The molecule has 0 aromatic heterocycles. The topological polar surface area (TPSA) is 44.4 Å². The summed E-state index contributed by atoms with van der Waals surface area (Å²) in [6.45, 7) is 7.13. The Morgan fingerprint density at radius 3 is 2.57 bits per heavy atom. The normalized spacial score (nSPS) is 20.4. The fourth-order valence-corrected chi connectivity index (χ4v) is 3.04. The van der Waals surface area contributed by atoms with Gasteiger partial charge in [-0.1, -0.05) is 23.8 Å². The molecule has 0 atom stereocenters. The SMILES string of the molecule is CC(C)=CCN1CCC2(CC1)Nc1ccccc1NC2=O. The third-order valence-electron chi connectivity index (χ3n) is 4.45. The molecule has 1 amide bonds. The van der Waals surface area contributed by atoms with E-state index in [1.54, 1.807) is 0 Å². The molecule has 0 bridgehead atoms. The molecule has 1 spiro atoms. The molecular formula is C17H23N3O. The van der Waals surface area contributed by atoms with Crippen molar-refractivity contribution in [3.05, 3.63) is 35.9 Å². The number of piperidine rings is 1. The number of nitrogens with one attached hydrogen (secondary N) is 2. The van der Waals surface area contributed by atoms with Crippen molar-refractivity contribution in [1.29, 1.82) is 0 Å². The predicted octanol–water partition coefficient (Wildman–Crippen LogP) is 2.85. The average Bonchev–Trinajstić information content (AvgIpc) is 2.48. The number of rotatable bonds is 2. The maximum atomic E-state index is 12.5. The van der Waals surface area contributed by atoms with Crippen molar-refractivity contribution in [2.45, 2.75) is 32.2 Å². The summed E-state index contributed by atoms with van der Waals surface area (Å²) in [4.78, 5) is 14.9. The molecule has 1 aromatic rings. The van der Waals surface area contributed by atoms with Gasteiger partial charge in [-0.15, -0.1) is 0 Å². The highest BCUT2D eigenvalue weighted by atomic mass is 16.2. The van der Waals surface area contributed by atoms with Gasteiger partial charge in [-0.3, -0.25) is 9.69 Å². The highest BCUT2D eigenvalue weighted by Gasteiger charge is 2.43. The van der Waals surface area contributed by atoms with E-state index in [9.17, 15) is 4.79 Å². The number of amides is 1. The lowest BCUT2D eigenvalue weighted by Crippen LogP contribution is -2.58. The third-order valence-corrected chi connectivity index (χ3v) is 4.45. The van der Waals surface area contributed by atoms with Crippen LogP contribution in [0.3, 0.4) is 0 Å². The number of hydrogen-bond acceptors (Lipinski definition) is 3. The molecule has 2 heterocycles. The number of benzene rings is 1. The third kappa shape index (κ3) is 2.81. The van der Waals surface area contributed by atoms with Crippen molar-refractivity contribution in [1.82, 2.24) is 4.90 Å². The smallest absolute Gasteiger partial charge is 0.250 e. The van der Waals surface area contributed by atoms with Crippen LogP contribution in [0.5, 0.6) is 0 Å². The van der Waals surface area contributed by atoms with Gasteiger partial charge >= 0.3 is 0 Å². The van der Waals surface area contributed by atoms with Crippen LogP contribution in [0.2, 0.25) is 0 Å². The molecule has 1 saturated heterocycles. The van der Waals surface area contributed by atoms with Crippen molar-refractivity contribution < 1.29 is 4.79 Å². The molecular weight excluding hydrogens is 262 g/mol. The molecule has 4 heteroatoms. The predicted molar refractivity (Wildman–Crippen MR) is 86.5 cm³/mol. The zero-order chi connectivity index (χ0) is 14.9. The van der Waals surface area contributed by atoms with E-state index in [1.807, 2.05) is 24.3 Å². The van der Waals surface area contributed by atoms with E-state index in [4.69, 9.17) is 0 Å². The first kappa shape index (κ1) is 14.1. The van der Waals surface area contributed by atoms with Crippen LogP contribution in [0.25, 0.3) is 0 Å². The van der Waals surface area contributed by atoms with E-state index in [0.29, 0.717) is 0 Å². The summed E-state index contributed by atoms with van der Waals surface area (Å²) in [7, 11) is 0. The Kier molecular flexibility index (Phi) is 3.72. The van der Waals surface area contributed by atoms with Crippen LogP contribution in [-0.2, 0) is 4.79 Å². The number of para-hydroxylation sites is 2. The standard InChI is InChI=1S/C17H23N3O/c1-13(2)7-10-20-11-8-17(9-12-20)16(21)18-14-5-3-4-6-15(14)19-17/h3-7,19H,8-12H2,1-2H3,(H,18,21). The van der Waals surface area contributed by atoms with Gasteiger partial charge in [0.1, 0.15) is 5.54 Å². The van der Waals surface area contributed by atoms with E-state index in [1.165, 1.54) is 5.57 Å². The Labute approximate surface area is 126 Å². The summed E-state index contributed by atoms with van der Waals surface area (Å²) >= 11 is 0. The number of fused-ring (bicyclic) bond motifs is 1. The maximum Gasteiger partial charge on any atom is 0.250 e. The highest BCUT2D eigenvalue weighted by molar-refractivity contribution is 6.06. The molecule has 21 heavy (non-hydrogen) atoms. The number of carbonyl (C=O) groups excluding carboxylic acids is 1. The second-order valence-corrected chi connectivity index (χ2v) is 6.29. The molecule has 0 radical (unpaired) electrons. The molecule has 112 valence electrons. The first-order chi connectivity index (χ1) is 10.1. The molecule has 2 aliphatic rings. The molecule has 0 saturated carbocycles. The summed E-state index contributed by atoms with van der Waals surface area (Å²) in [6.07, 6.45) is 3.95. The summed E-state index contributed by atoms with van der Waals surface area (Å²) in [5, 5.41) is 6.55. The number of allylic oxidation sites excluding steroid dienone is 1. The second kappa shape index (κ2) is 5.53. The zero-order valence-corrected chi connectivity index (χ0v) is 12.8. The van der Waals surface area contributed by atoms with Crippen molar-refractivity contribution in [2.75, 3.05) is 30.3 Å². The highest BCUT2D eigenvalue weighted by Crippen LogP contribution is 2.36. The van der Waals surface area contributed by atoms with Crippen LogP contribution >= 0.6 is 0 Å². The fraction of sp³-hybridized carbons (Fsp3) is 0.471. The number of anilines is 2. The maximum absolute atomic E-state index is 12.5. The number of nitrogens with zero attached hydrogens (tertiary/aromatic N) is 1. The molecule has 2 aliphatic heterocycles. The van der Waals surface area contributed by atoms with Gasteiger partial charge in [0.15, 0.2) is 0 Å². The summed E-state index contributed by atoms with van der Waals surface area (Å²) in [5.41, 5.74) is 2.84. The molecule has 4 nitrogen and oxygen atoms in total. The summed E-state index contributed by atoms with van der Waals surface area (Å²) < 4.78 is 0. The van der Waals surface area contributed by atoms with Crippen molar-refractivity contribution in [3.8, 4) is 0 Å². The molecule has 3 rings (SSSR count). The van der Waals surface area contributed by atoms with E-state index < -0.39 is 5.54 Å². The zero-order valence-electron chi connectivity index (χ0n) is 12.8.